The monoisotopic (exact) mass is 422 g/mol. The minimum atomic E-state index is -3.69. The predicted molar refractivity (Wildman–Crippen MR) is 106 cm³/mol. The van der Waals surface area contributed by atoms with Crippen LogP contribution in [0, 0.1) is 5.82 Å². The zero-order valence-corrected chi connectivity index (χ0v) is 16.9. The largest absolute Gasteiger partial charge is 0.495 e. The Hall–Kier alpha value is -2.49. The van der Waals surface area contributed by atoms with Gasteiger partial charge in [0.15, 0.2) is 0 Å². The number of benzene rings is 2. The molecule has 7 nitrogen and oxygen atoms in total. The number of hydrogen-bond acceptors (Lipinski definition) is 5. The molecule has 29 heavy (non-hydrogen) atoms. The molecule has 0 saturated carbocycles. The number of halogens is 1. The van der Waals surface area contributed by atoms with E-state index in [4.69, 9.17) is 9.47 Å². The summed E-state index contributed by atoms with van der Waals surface area (Å²) in [5.41, 5.74) is 1.11. The lowest BCUT2D eigenvalue weighted by molar-refractivity contribution is -0.116. The van der Waals surface area contributed by atoms with E-state index in [2.05, 4.69) is 5.32 Å². The molecular formula is C20H23FN2O5S. The van der Waals surface area contributed by atoms with E-state index in [-0.39, 0.29) is 41.8 Å². The predicted octanol–water partition coefficient (Wildman–Crippen LogP) is 2.43. The number of amides is 1. The van der Waals surface area contributed by atoms with Crippen molar-refractivity contribution in [3.8, 4) is 5.75 Å². The highest BCUT2D eigenvalue weighted by Gasteiger charge is 2.27. The number of hydrogen-bond donors (Lipinski definition) is 1. The van der Waals surface area contributed by atoms with Gasteiger partial charge in [0, 0.05) is 19.5 Å². The van der Waals surface area contributed by atoms with E-state index in [1.54, 1.807) is 12.1 Å². The second kappa shape index (κ2) is 9.34. The van der Waals surface area contributed by atoms with E-state index in [0.29, 0.717) is 25.4 Å². The van der Waals surface area contributed by atoms with Gasteiger partial charge in [-0.1, -0.05) is 12.1 Å². The first kappa shape index (κ1) is 21.2. The lowest BCUT2D eigenvalue weighted by atomic mass is 10.1. The summed E-state index contributed by atoms with van der Waals surface area (Å²) in [5.74, 6) is -0.268. The van der Waals surface area contributed by atoms with E-state index in [1.807, 2.05) is 0 Å². The third-order valence-corrected chi connectivity index (χ3v) is 6.50. The Labute approximate surface area is 169 Å². The second-order valence-corrected chi connectivity index (χ2v) is 8.49. The van der Waals surface area contributed by atoms with Gasteiger partial charge in [-0.3, -0.25) is 4.79 Å². The third kappa shape index (κ3) is 5.31. The van der Waals surface area contributed by atoms with Crippen molar-refractivity contribution in [3.63, 3.8) is 0 Å². The molecule has 0 radical (unpaired) electrons. The van der Waals surface area contributed by atoms with Crippen LogP contribution < -0.4 is 10.1 Å². The van der Waals surface area contributed by atoms with Gasteiger partial charge in [0.25, 0.3) is 0 Å². The molecule has 156 valence electrons. The summed E-state index contributed by atoms with van der Waals surface area (Å²) in [6, 6.07) is 10.3. The van der Waals surface area contributed by atoms with Crippen molar-refractivity contribution < 1.29 is 27.1 Å². The molecule has 2 aromatic carbocycles. The van der Waals surface area contributed by atoms with Crippen LogP contribution in [0.25, 0.3) is 0 Å². The molecule has 0 unspecified atom stereocenters. The molecule has 1 aliphatic rings. The molecule has 1 aliphatic heterocycles. The van der Waals surface area contributed by atoms with Gasteiger partial charge in [-0.15, -0.1) is 0 Å². The fourth-order valence-corrected chi connectivity index (χ4v) is 4.44. The fourth-order valence-electron chi connectivity index (χ4n) is 3.00. The van der Waals surface area contributed by atoms with Crippen molar-refractivity contribution in [2.75, 3.05) is 38.7 Å². The van der Waals surface area contributed by atoms with Crippen LogP contribution in [0.1, 0.15) is 12.0 Å². The zero-order chi connectivity index (χ0) is 20.9. The van der Waals surface area contributed by atoms with E-state index < -0.39 is 10.0 Å². The third-order valence-electron chi connectivity index (χ3n) is 4.61. The molecule has 1 heterocycles. The summed E-state index contributed by atoms with van der Waals surface area (Å²) >= 11 is 0. The van der Waals surface area contributed by atoms with Crippen molar-refractivity contribution in [1.29, 1.82) is 0 Å². The molecule has 0 spiro atoms. The number of carbonyl (C=O) groups is 1. The Balaban J connectivity index is 1.72. The number of nitrogens with zero attached hydrogens (tertiary/aromatic N) is 1. The van der Waals surface area contributed by atoms with E-state index in [9.17, 15) is 17.6 Å². The van der Waals surface area contributed by atoms with Crippen molar-refractivity contribution in [2.45, 2.75) is 17.7 Å². The molecule has 0 bridgehead atoms. The number of methoxy groups -OCH3 is 1. The number of morpholine rings is 1. The molecule has 9 heteroatoms. The van der Waals surface area contributed by atoms with Crippen molar-refractivity contribution in [1.82, 2.24) is 4.31 Å². The van der Waals surface area contributed by atoms with Gasteiger partial charge in [0.05, 0.1) is 30.9 Å². The van der Waals surface area contributed by atoms with Crippen LogP contribution in [0.4, 0.5) is 10.1 Å². The molecular weight excluding hydrogens is 399 g/mol. The summed E-state index contributed by atoms with van der Waals surface area (Å²) < 4.78 is 50.5. The summed E-state index contributed by atoms with van der Waals surface area (Å²) in [6.07, 6.45) is 0.593. The number of nitrogens with one attached hydrogen (secondary N) is 1. The smallest absolute Gasteiger partial charge is 0.243 e. The van der Waals surface area contributed by atoms with Crippen molar-refractivity contribution in [2.24, 2.45) is 0 Å². The standard InChI is InChI=1S/C20H23FN2O5S/c1-27-19-8-7-17(29(25,26)23-10-12-28-13-11-23)14-18(19)22-20(24)9-4-15-2-5-16(21)6-3-15/h2-3,5-8,14H,4,9-13H2,1H3,(H,22,24). The summed E-state index contributed by atoms with van der Waals surface area (Å²) in [4.78, 5) is 12.4. The van der Waals surface area contributed by atoms with Crippen LogP contribution >= 0.6 is 0 Å². The van der Waals surface area contributed by atoms with Crippen LogP contribution in [0.2, 0.25) is 0 Å². The fraction of sp³-hybridized carbons (Fsp3) is 0.350. The topological polar surface area (TPSA) is 84.9 Å². The van der Waals surface area contributed by atoms with Crippen LogP contribution in [0.15, 0.2) is 47.4 Å². The molecule has 1 saturated heterocycles. The second-order valence-electron chi connectivity index (χ2n) is 6.55. The first-order chi connectivity index (χ1) is 13.9. The molecule has 0 aromatic heterocycles. The zero-order valence-electron chi connectivity index (χ0n) is 16.1. The SMILES string of the molecule is COc1ccc(S(=O)(=O)N2CCOCC2)cc1NC(=O)CCc1ccc(F)cc1. The molecule has 0 aliphatic carbocycles. The Kier molecular flexibility index (Phi) is 6.83. The minimum Gasteiger partial charge on any atom is -0.495 e. The van der Waals surface area contributed by atoms with Crippen LogP contribution in [-0.2, 0) is 26.0 Å². The Morgan fingerprint density at radius 1 is 1.17 bits per heavy atom. The molecule has 1 fully saturated rings. The Morgan fingerprint density at radius 3 is 2.52 bits per heavy atom. The maximum Gasteiger partial charge on any atom is 0.243 e. The summed E-state index contributed by atoms with van der Waals surface area (Å²) in [6.45, 7) is 1.27. The lowest BCUT2D eigenvalue weighted by Gasteiger charge is -2.26. The van der Waals surface area contributed by atoms with E-state index in [0.717, 1.165) is 5.56 Å². The highest BCUT2D eigenvalue weighted by atomic mass is 32.2. The average molecular weight is 422 g/mol. The highest BCUT2D eigenvalue weighted by molar-refractivity contribution is 7.89. The molecule has 0 atom stereocenters. The first-order valence-corrected chi connectivity index (χ1v) is 10.6. The van der Waals surface area contributed by atoms with Crippen LogP contribution in [0.5, 0.6) is 5.75 Å². The first-order valence-electron chi connectivity index (χ1n) is 9.20. The number of carbonyl (C=O) groups excluding carboxylic acids is 1. The van der Waals surface area contributed by atoms with E-state index in [1.165, 1.54) is 41.7 Å². The van der Waals surface area contributed by atoms with Gasteiger partial charge in [-0.05, 0) is 42.3 Å². The number of rotatable bonds is 7. The highest BCUT2D eigenvalue weighted by Crippen LogP contribution is 2.29. The van der Waals surface area contributed by atoms with Gasteiger partial charge in [-0.2, -0.15) is 4.31 Å². The molecule has 2 aromatic rings. The number of ether oxygens (including phenoxy) is 2. The van der Waals surface area contributed by atoms with Crippen LogP contribution in [-0.4, -0.2) is 52.0 Å². The Bertz CT molecular complexity index is 957. The van der Waals surface area contributed by atoms with Gasteiger partial charge < -0.3 is 14.8 Å². The van der Waals surface area contributed by atoms with Crippen molar-refractivity contribution >= 4 is 21.6 Å². The van der Waals surface area contributed by atoms with Gasteiger partial charge in [0.2, 0.25) is 15.9 Å². The van der Waals surface area contributed by atoms with Gasteiger partial charge in [0.1, 0.15) is 11.6 Å². The Morgan fingerprint density at radius 2 is 1.86 bits per heavy atom. The molecule has 1 amide bonds. The van der Waals surface area contributed by atoms with E-state index >= 15 is 0 Å². The minimum absolute atomic E-state index is 0.0778. The number of anilines is 1. The van der Waals surface area contributed by atoms with Gasteiger partial charge >= 0.3 is 0 Å². The molecule has 3 rings (SSSR count). The normalized spacial score (nSPS) is 15.1. The maximum atomic E-state index is 13.0. The lowest BCUT2D eigenvalue weighted by Crippen LogP contribution is -2.40. The summed E-state index contributed by atoms with van der Waals surface area (Å²) in [5, 5.41) is 2.71. The maximum absolute atomic E-state index is 13.0. The number of sulfonamides is 1. The van der Waals surface area contributed by atoms with Gasteiger partial charge in [-0.25, -0.2) is 12.8 Å². The van der Waals surface area contributed by atoms with Crippen molar-refractivity contribution in [3.05, 3.63) is 53.8 Å². The van der Waals surface area contributed by atoms with Crippen LogP contribution in [0.3, 0.4) is 0 Å². The average Bonchev–Trinajstić information content (AvgIpc) is 2.74. The summed E-state index contributed by atoms with van der Waals surface area (Å²) in [7, 11) is -2.25. The number of aryl methyl sites for hydroxylation is 1. The molecule has 1 N–H and O–H groups in total. The quantitative estimate of drug-likeness (QED) is 0.741.